The van der Waals surface area contributed by atoms with Crippen LogP contribution in [0, 0.1) is 0 Å². The Balaban J connectivity index is 1.23. The van der Waals surface area contributed by atoms with Crippen molar-refractivity contribution < 1.29 is 4.79 Å². The first-order chi connectivity index (χ1) is 16.0. The maximum atomic E-state index is 13.0. The number of nitrogens with one attached hydrogen (secondary N) is 2. The van der Waals surface area contributed by atoms with E-state index in [0.29, 0.717) is 29.4 Å². The predicted octanol–water partition coefficient (Wildman–Crippen LogP) is 3.51. The SMILES string of the molecule is O=C(Cc1nc2ccc(Cl)cc2[nH]1)N1CCc2nc(C3(c4ccccc4)CC3)[nH]c(=O)c2C1. The Hall–Kier alpha value is -3.45. The van der Waals surface area contributed by atoms with Crippen molar-refractivity contribution in [2.75, 3.05) is 6.54 Å². The molecule has 33 heavy (non-hydrogen) atoms. The fourth-order valence-electron chi connectivity index (χ4n) is 4.78. The van der Waals surface area contributed by atoms with Crippen LogP contribution in [0.3, 0.4) is 0 Å². The highest BCUT2D eigenvalue weighted by atomic mass is 35.5. The van der Waals surface area contributed by atoms with Gasteiger partial charge < -0.3 is 14.9 Å². The average Bonchev–Trinajstić information content (AvgIpc) is 3.54. The van der Waals surface area contributed by atoms with Crippen LogP contribution in [0.1, 0.15) is 41.3 Å². The fourth-order valence-corrected chi connectivity index (χ4v) is 4.95. The van der Waals surface area contributed by atoms with E-state index < -0.39 is 0 Å². The van der Waals surface area contributed by atoms with E-state index in [9.17, 15) is 9.59 Å². The highest BCUT2D eigenvalue weighted by molar-refractivity contribution is 6.31. The van der Waals surface area contributed by atoms with Gasteiger partial charge in [-0.3, -0.25) is 9.59 Å². The molecule has 4 aromatic rings. The lowest BCUT2D eigenvalue weighted by molar-refractivity contribution is -0.131. The van der Waals surface area contributed by atoms with Crippen molar-refractivity contribution in [3.63, 3.8) is 0 Å². The van der Waals surface area contributed by atoms with Gasteiger partial charge in [0.05, 0.1) is 40.7 Å². The zero-order valence-corrected chi connectivity index (χ0v) is 18.7. The number of H-pyrrole nitrogens is 2. The van der Waals surface area contributed by atoms with Gasteiger partial charge >= 0.3 is 0 Å². The molecule has 0 unspecified atom stereocenters. The van der Waals surface area contributed by atoms with Gasteiger partial charge in [-0.1, -0.05) is 41.9 Å². The highest BCUT2D eigenvalue weighted by Gasteiger charge is 2.48. The standard InChI is InChI=1S/C25H22ClN5O2/c26-16-6-7-19-20(12-16)28-21(27-19)13-22(32)31-11-8-18-17(14-31)23(33)30-24(29-18)25(9-10-25)15-4-2-1-3-5-15/h1-7,12H,8-11,13-14H2,(H,27,28)(H,29,30,33). The van der Waals surface area contributed by atoms with Gasteiger partial charge in [-0.05, 0) is 36.6 Å². The minimum absolute atomic E-state index is 0.0720. The summed E-state index contributed by atoms with van der Waals surface area (Å²) in [4.78, 5) is 43.2. The van der Waals surface area contributed by atoms with E-state index in [1.807, 2.05) is 24.3 Å². The van der Waals surface area contributed by atoms with E-state index in [0.717, 1.165) is 35.4 Å². The van der Waals surface area contributed by atoms with E-state index in [1.54, 1.807) is 17.0 Å². The third-order valence-corrected chi connectivity index (χ3v) is 7.00. The number of halogens is 1. The second-order valence-electron chi connectivity index (χ2n) is 8.87. The number of rotatable bonds is 4. The molecule has 2 aromatic heterocycles. The van der Waals surface area contributed by atoms with Crippen LogP contribution in [-0.4, -0.2) is 37.3 Å². The Bertz CT molecular complexity index is 1440. The van der Waals surface area contributed by atoms with Crippen LogP contribution in [0.5, 0.6) is 0 Å². The Morgan fingerprint density at radius 3 is 2.70 bits per heavy atom. The van der Waals surface area contributed by atoms with Crippen LogP contribution in [0.2, 0.25) is 5.02 Å². The first kappa shape index (κ1) is 20.2. The Labute approximate surface area is 194 Å². The van der Waals surface area contributed by atoms with E-state index in [1.165, 1.54) is 5.56 Å². The zero-order chi connectivity index (χ0) is 22.6. The van der Waals surface area contributed by atoms with Crippen LogP contribution in [0.25, 0.3) is 11.0 Å². The third kappa shape index (κ3) is 3.53. The van der Waals surface area contributed by atoms with E-state index in [2.05, 4.69) is 27.1 Å². The molecular formula is C25H22ClN5O2. The molecular weight excluding hydrogens is 438 g/mol. The molecule has 8 heteroatoms. The third-order valence-electron chi connectivity index (χ3n) is 6.76. The molecule has 3 heterocycles. The van der Waals surface area contributed by atoms with Crippen LogP contribution >= 0.6 is 11.6 Å². The molecule has 0 radical (unpaired) electrons. The number of imidazole rings is 1. The summed E-state index contributed by atoms with van der Waals surface area (Å²) in [6.07, 6.45) is 2.67. The second kappa shape index (κ2) is 7.56. The molecule has 7 nitrogen and oxygen atoms in total. The van der Waals surface area contributed by atoms with Crippen molar-refractivity contribution in [3.05, 3.63) is 92.4 Å². The molecule has 0 saturated heterocycles. The molecule has 1 amide bonds. The predicted molar refractivity (Wildman–Crippen MR) is 125 cm³/mol. The van der Waals surface area contributed by atoms with Crippen LogP contribution in [0.15, 0.2) is 53.3 Å². The molecule has 1 saturated carbocycles. The first-order valence-corrected chi connectivity index (χ1v) is 11.5. The van der Waals surface area contributed by atoms with Crippen molar-refractivity contribution >= 4 is 28.5 Å². The average molecular weight is 460 g/mol. The number of benzene rings is 2. The van der Waals surface area contributed by atoms with E-state index >= 15 is 0 Å². The van der Waals surface area contributed by atoms with Crippen LogP contribution < -0.4 is 5.56 Å². The quantitative estimate of drug-likeness (QED) is 0.488. The van der Waals surface area contributed by atoms with Crippen molar-refractivity contribution in [1.29, 1.82) is 0 Å². The molecule has 2 aromatic carbocycles. The Kier molecular flexibility index (Phi) is 4.62. The molecule has 0 spiro atoms. The van der Waals surface area contributed by atoms with Gasteiger partial charge in [-0.25, -0.2) is 9.97 Å². The van der Waals surface area contributed by atoms with Crippen LogP contribution in [-0.2, 0) is 29.6 Å². The van der Waals surface area contributed by atoms with Crippen LogP contribution in [0.4, 0.5) is 0 Å². The smallest absolute Gasteiger partial charge is 0.256 e. The summed E-state index contributed by atoms with van der Waals surface area (Å²) < 4.78 is 0. The lowest BCUT2D eigenvalue weighted by Gasteiger charge is -2.28. The number of aromatic nitrogens is 4. The summed E-state index contributed by atoms with van der Waals surface area (Å²) in [5.41, 5.74) is 3.81. The molecule has 1 fully saturated rings. The van der Waals surface area contributed by atoms with Gasteiger partial charge in [0.2, 0.25) is 5.91 Å². The normalized spacial score (nSPS) is 16.6. The molecule has 2 N–H and O–H groups in total. The molecule has 0 atom stereocenters. The number of fused-ring (bicyclic) bond motifs is 2. The Morgan fingerprint density at radius 1 is 1.09 bits per heavy atom. The van der Waals surface area contributed by atoms with E-state index in [4.69, 9.17) is 16.6 Å². The number of hydrogen-bond acceptors (Lipinski definition) is 4. The molecule has 1 aliphatic carbocycles. The molecule has 166 valence electrons. The summed E-state index contributed by atoms with van der Waals surface area (Å²) in [5, 5.41) is 0.614. The van der Waals surface area contributed by atoms with Crippen molar-refractivity contribution in [1.82, 2.24) is 24.8 Å². The monoisotopic (exact) mass is 459 g/mol. The maximum absolute atomic E-state index is 13.0. The lowest BCUT2D eigenvalue weighted by atomic mass is 9.94. The van der Waals surface area contributed by atoms with Crippen molar-refractivity contribution in [2.24, 2.45) is 0 Å². The Morgan fingerprint density at radius 2 is 1.91 bits per heavy atom. The van der Waals surface area contributed by atoms with Gasteiger partial charge in [-0.2, -0.15) is 0 Å². The largest absolute Gasteiger partial charge is 0.342 e. The highest BCUT2D eigenvalue weighted by Crippen LogP contribution is 2.51. The molecule has 1 aliphatic heterocycles. The molecule has 2 aliphatic rings. The molecule has 0 bridgehead atoms. The summed E-state index contributed by atoms with van der Waals surface area (Å²) in [5.74, 6) is 1.26. The fraction of sp³-hybridized carbons (Fsp3) is 0.280. The number of carbonyl (C=O) groups is 1. The summed E-state index contributed by atoms with van der Waals surface area (Å²) in [7, 11) is 0. The second-order valence-corrected chi connectivity index (χ2v) is 9.31. The number of amides is 1. The minimum Gasteiger partial charge on any atom is -0.342 e. The van der Waals surface area contributed by atoms with Gasteiger partial charge in [0, 0.05) is 18.0 Å². The topological polar surface area (TPSA) is 94.7 Å². The lowest BCUT2D eigenvalue weighted by Crippen LogP contribution is -2.41. The van der Waals surface area contributed by atoms with Gasteiger partial charge in [0.1, 0.15) is 11.6 Å². The summed E-state index contributed by atoms with van der Waals surface area (Å²) >= 11 is 6.03. The van der Waals surface area contributed by atoms with Crippen molar-refractivity contribution in [3.8, 4) is 0 Å². The molecule has 6 rings (SSSR count). The number of hydrogen-bond donors (Lipinski definition) is 2. The van der Waals surface area contributed by atoms with Gasteiger partial charge in [0.25, 0.3) is 5.56 Å². The first-order valence-electron chi connectivity index (χ1n) is 11.1. The number of carbonyl (C=O) groups excluding carboxylic acids is 1. The zero-order valence-electron chi connectivity index (χ0n) is 17.9. The minimum atomic E-state index is -0.188. The summed E-state index contributed by atoms with van der Waals surface area (Å²) in [6.45, 7) is 0.799. The van der Waals surface area contributed by atoms with E-state index in [-0.39, 0.29) is 29.8 Å². The number of aromatic amines is 2. The summed E-state index contributed by atoms with van der Waals surface area (Å²) in [6, 6.07) is 15.6. The maximum Gasteiger partial charge on any atom is 0.256 e. The van der Waals surface area contributed by atoms with Crippen molar-refractivity contribution in [2.45, 2.75) is 37.6 Å². The van der Waals surface area contributed by atoms with Gasteiger partial charge in [0.15, 0.2) is 0 Å². The van der Waals surface area contributed by atoms with Gasteiger partial charge in [-0.15, -0.1) is 0 Å². The number of nitrogens with zero attached hydrogens (tertiary/aromatic N) is 3.